The van der Waals surface area contributed by atoms with Gasteiger partial charge in [-0.1, -0.05) is 17.7 Å². The van der Waals surface area contributed by atoms with E-state index in [-0.39, 0.29) is 18.9 Å². The maximum atomic E-state index is 12.2. The number of hydrogen-bond donors (Lipinski definition) is 1. The molecule has 0 fully saturated rings. The van der Waals surface area contributed by atoms with Crippen molar-refractivity contribution in [3.8, 4) is 5.75 Å². The molecule has 0 aliphatic carbocycles. The van der Waals surface area contributed by atoms with Gasteiger partial charge in [0.1, 0.15) is 16.6 Å². The molecule has 142 valence electrons. The van der Waals surface area contributed by atoms with Gasteiger partial charge in [0.25, 0.3) is 10.0 Å². The maximum Gasteiger partial charge on any atom is 0.252 e. The fraction of sp³-hybridized carbons (Fsp3) is 0.353. The van der Waals surface area contributed by atoms with Crippen molar-refractivity contribution in [2.45, 2.75) is 17.1 Å². The molecule has 0 aliphatic rings. The molecule has 1 aromatic heterocycles. The molecule has 0 unspecified atom stereocenters. The number of amides is 1. The Hall–Kier alpha value is -1.61. The van der Waals surface area contributed by atoms with Gasteiger partial charge in [-0.05, 0) is 42.1 Å². The van der Waals surface area contributed by atoms with E-state index in [2.05, 4.69) is 5.32 Å². The van der Waals surface area contributed by atoms with E-state index in [1.807, 2.05) is 0 Å². The zero-order valence-corrected chi connectivity index (χ0v) is 16.7. The summed E-state index contributed by atoms with van der Waals surface area (Å²) in [6.45, 7) is 1.01. The predicted octanol–water partition coefficient (Wildman–Crippen LogP) is 3.00. The van der Waals surface area contributed by atoms with Gasteiger partial charge in [-0.15, -0.1) is 11.3 Å². The lowest BCUT2D eigenvalue weighted by Crippen LogP contribution is -2.30. The molecular weight excluding hydrogens is 396 g/mol. The Bertz CT molecular complexity index is 793. The SMILES string of the molecule is CN(CCCC(=O)NCCOc1ccc(Cl)cc1)S(=O)(=O)c1cccs1. The molecule has 26 heavy (non-hydrogen) atoms. The van der Waals surface area contributed by atoms with Crippen molar-refractivity contribution < 1.29 is 17.9 Å². The average molecular weight is 417 g/mol. The standard InChI is InChI=1S/C17H21ClN2O4S2/c1-20(26(22,23)17-5-3-13-25-17)11-2-4-16(21)19-10-12-24-15-8-6-14(18)7-9-15/h3,5-9,13H,2,4,10-12H2,1H3,(H,19,21). The van der Waals surface area contributed by atoms with Gasteiger partial charge >= 0.3 is 0 Å². The molecule has 2 rings (SSSR count). The highest BCUT2D eigenvalue weighted by Gasteiger charge is 2.21. The van der Waals surface area contributed by atoms with E-state index in [1.165, 1.54) is 22.7 Å². The molecule has 2 aromatic rings. The van der Waals surface area contributed by atoms with E-state index >= 15 is 0 Å². The van der Waals surface area contributed by atoms with Crippen molar-refractivity contribution in [1.29, 1.82) is 0 Å². The lowest BCUT2D eigenvalue weighted by Gasteiger charge is -2.15. The lowest BCUT2D eigenvalue weighted by atomic mass is 10.3. The summed E-state index contributed by atoms with van der Waals surface area (Å²) in [5.41, 5.74) is 0. The van der Waals surface area contributed by atoms with Crippen molar-refractivity contribution >= 4 is 38.9 Å². The van der Waals surface area contributed by atoms with Crippen molar-refractivity contribution in [1.82, 2.24) is 9.62 Å². The van der Waals surface area contributed by atoms with Crippen LogP contribution >= 0.6 is 22.9 Å². The molecule has 1 heterocycles. The number of hydrogen-bond acceptors (Lipinski definition) is 5. The van der Waals surface area contributed by atoms with E-state index in [0.29, 0.717) is 34.6 Å². The van der Waals surface area contributed by atoms with Gasteiger partial charge in [-0.2, -0.15) is 0 Å². The Morgan fingerprint density at radius 3 is 2.65 bits per heavy atom. The molecule has 0 atom stereocenters. The number of carbonyl (C=O) groups is 1. The molecule has 6 nitrogen and oxygen atoms in total. The Morgan fingerprint density at radius 2 is 2.00 bits per heavy atom. The molecule has 1 amide bonds. The highest BCUT2D eigenvalue weighted by molar-refractivity contribution is 7.91. The average Bonchev–Trinajstić information content (AvgIpc) is 3.15. The maximum absolute atomic E-state index is 12.2. The smallest absolute Gasteiger partial charge is 0.252 e. The van der Waals surface area contributed by atoms with E-state index in [0.717, 1.165) is 0 Å². The molecular formula is C17H21ClN2O4S2. The van der Waals surface area contributed by atoms with Crippen LogP contribution in [-0.2, 0) is 14.8 Å². The van der Waals surface area contributed by atoms with Crippen LogP contribution in [-0.4, -0.2) is 45.4 Å². The quantitative estimate of drug-likeness (QED) is 0.604. The van der Waals surface area contributed by atoms with Crippen molar-refractivity contribution in [3.05, 3.63) is 46.8 Å². The molecule has 0 bridgehead atoms. The Kier molecular flexibility index (Phi) is 7.89. The Morgan fingerprint density at radius 1 is 1.27 bits per heavy atom. The van der Waals surface area contributed by atoms with Crippen molar-refractivity contribution in [3.63, 3.8) is 0 Å². The third-order valence-corrected chi connectivity index (χ3v) is 7.02. The van der Waals surface area contributed by atoms with Crippen LogP contribution in [0.3, 0.4) is 0 Å². The minimum atomic E-state index is -3.46. The summed E-state index contributed by atoms with van der Waals surface area (Å²) in [6, 6.07) is 10.3. The van der Waals surface area contributed by atoms with E-state index < -0.39 is 10.0 Å². The third kappa shape index (κ3) is 6.28. The number of thiophene rings is 1. The minimum Gasteiger partial charge on any atom is -0.492 e. The molecule has 0 aliphatic heterocycles. The van der Waals surface area contributed by atoms with Crippen LogP contribution in [0.25, 0.3) is 0 Å². The van der Waals surface area contributed by atoms with Crippen LogP contribution in [0.5, 0.6) is 5.75 Å². The van der Waals surface area contributed by atoms with E-state index in [1.54, 1.807) is 41.8 Å². The number of nitrogens with one attached hydrogen (secondary N) is 1. The summed E-state index contributed by atoms with van der Waals surface area (Å²) in [4.78, 5) is 11.8. The first-order valence-electron chi connectivity index (χ1n) is 8.04. The highest BCUT2D eigenvalue weighted by Crippen LogP contribution is 2.20. The Balaban J connectivity index is 1.62. The van der Waals surface area contributed by atoms with Crippen molar-refractivity contribution in [2.24, 2.45) is 0 Å². The van der Waals surface area contributed by atoms with Gasteiger partial charge < -0.3 is 10.1 Å². The monoisotopic (exact) mass is 416 g/mol. The Labute approximate surface area is 162 Å². The minimum absolute atomic E-state index is 0.133. The summed E-state index contributed by atoms with van der Waals surface area (Å²) in [6.07, 6.45) is 0.705. The number of sulfonamides is 1. The van der Waals surface area contributed by atoms with Gasteiger partial charge in [-0.3, -0.25) is 4.79 Å². The van der Waals surface area contributed by atoms with Crippen LogP contribution in [0, 0.1) is 0 Å². The zero-order valence-electron chi connectivity index (χ0n) is 14.4. The van der Waals surface area contributed by atoms with Crippen LogP contribution in [0.4, 0.5) is 0 Å². The summed E-state index contributed by atoms with van der Waals surface area (Å²) < 4.78 is 31.6. The van der Waals surface area contributed by atoms with Crippen LogP contribution < -0.4 is 10.1 Å². The van der Waals surface area contributed by atoms with Gasteiger partial charge in [0.2, 0.25) is 5.91 Å². The molecule has 9 heteroatoms. The fourth-order valence-corrected chi connectivity index (χ4v) is 4.66. The molecule has 0 saturated carbocycles. The summed E-state index contributed by atoms with van der Waals surface area (Å²) >= 11 is 6.97. The molecule has 0 saturated heterocycles. The van der Waals surface area contributed by atoms with Gasteiger partial charge in [0.15, 0.2) is 0 Å². The number of rotatable bonds is 10. The van der Waals surface area contributed by atoms with E-state index in [4.69, 9.17) is 16.3 Å². The van der Waals surface area contributed by atoms with Gasteiger partial charge in [0, 0.05) is 25.0 Å². The topological polar surface area (TPSA) is 75.7 Å². The summed E-state index contributed by atoms with van der Waals surface area (Å²) in [5, 5.41) is 5.11. The van der Waals surface area contributed by atoms with Crippen molar-refractivity contribution in [2.75, 3.05) is 26.7 Å². The second-order valence-electron chi connectivity index (χ2n) is 5.51. The first-order chi connectivity index (χ1) is 12.4. The number of ether oxygens (including phenoxy) is 1. The molecule has 1 aromatic carbocycles. The van der Waals surface area contributed by atoms with Gasteiger partial charge in [-0.25, -0.2) is 12.7 Å². The first kappa shape index (κ1) is 20.7. The summed E-state index contributed by atoms with van der Waals surface area (Å²) in [7, 11) is -1.94. The second kappa shape index (κ2) is 9.91. The van der Waals surface area contributed by atoms with Crippen LogP contribution in [0.2, 0.25) is 5.02 Å². The lowest BCUT2D eigenvalue weighted by molar-refractivity contribution is -0.121. The second-order valence-corrected chi connectivity index (χ2v) is 9.17. The number of benzene rings is 1. The number of carbonyl (C=O) groups excluding carboxylic acids is 1. The van der Waals surface area contributed by atoms with Gasteiger partial charge in [0.05, 0.1) is 6.54 Å². The van der Waals surface area contributed by atoms with Crippen LogP contribution in [0.1, 0.15) is 12.8 Å². The predicted molar refractivity (Wildman–Crippen MR) is 103 cm³/mol. The summed E-state index contributed by atoms with van der Waals surface area (Å²) in [5.74, 6) is 0.552. The first-order valence-corrected chi connectivity index (χ1v) is 10.7. The number of halogens is 1. The van der Waals surface area contributed by atoms with Crippen LogP contribution in [0.15, 0.2) is 46.0 Å². The largest absolute Gasteiger partial charge is 0.492 e. The molecule has 0 radical (unpaired) electrons. The fourth-order valence-electron chi connectivity index (χ4n) is 2.12. The third-order valence-electron chi connectivity index (χ3n) is 3.54. The van der Waals surface area contributed by atoms with E-state index in [9.17, 15) is 13.2 Å². The molecule has 1 N–H and O–H groups in total. The normalized spacial score (nSPS) is 11.5. The zero-order chi connectivity index (χ0) is 19.0. The highest BCUT2D eigenvalue weighted by atomic mass is 35.5. The number of nitrogens with zero attached hydrogens (tertiary/aromatic N) is 1. The molecule has 0 spiro atoms.